The van der Waals surface area contributed by atoms with E-state index in [9.17, 15) is 37.8 Å². The predicted octanol–water partition coefficient (Wildman–Crippen LogP) is -3.08. The third-order valence-corrected chi connectivity index (χ3v) is 1.32. The number of halogens is 3. The van der Waals surface area contributed by atoms with Crippen molar-refractivity contribution in [3.8, 4) is 0 Å². The van der Waals surface area contributed by atoms with Crippen LogP contribution in [-0.2, 0) is 14.4 Å². The fraction of sp³-hybridized carbons (Fsp3) is 0.500. The van der Waals surface area contributed by atoms with Crippen molar-refractivity contribution >= 4 is 17.8 Å². The summed E-state index contributed by atoms with van der Waals surface area (Å²) in [6.45, 7) is 0.516. The molecule has 1 amide bonds. The normalized spacial score (nSPS) is 15.2. The molecule has 0 fully saturated rings. The van der Waals surface area contributed by atoms with Crippen LogP contribution in [0.5, 0.6) is 0 Å². The number of hydrogen-bond donors (Lipinski definition) is 1. The van der Waals surface area contributed by atoms with Gasteiger partial charge in [0.2, 0.25) is 5.91 Å². The number of alkyl halides is 3. The summed E-state index contributed by atoms with van der Waals surface area (Å²) < 4.78 is 38.1. The largest absolute Gasteiger partial charge is 0.544 e. The Morgan fingerprint density at radius 1 is 1.07 bits per heavy atom. The van der Waals surface area contributed by atoms with Gasteiger partial charge in [-0.3, -0.25) is 4.79 Å². The molecule has 0 aromatic carbocycles. The summed E-state index contributed by atoms with van der Waals surface area (Å²) in [6, 6.07) is 0. The van der Waals surface area contributed by atoms with Crippen LogP contribution in [0.2, 0.25) is 0 Å². The molecule has 0 radical (unpaired) electrons. The Morgan fingerprint density at radius 3 is 1.67 bits per heavy atom. The lowest BCUT2D eigenvalue weighted by Crippen LogP contribution is -2.70. The summed E-state index contributed by atoms with van der Waals surface area (Å²) in [7, 11) is 0. The monoisotopic (exact) mass is 227 g/mol. The Labute approximate surface area is 80.7 Å². The summed E-state index contributed by atoms with van der Waals surface area (Å²) in [6.07, 6.45) is 0. The molecule has 0 bridgehead atoms. The van der Waals surface area contributed by atoms with E-state index in [0.29, 0.717) is 12.2 Å². The number of carboxylic acid groups (broad SMARTS) is 2. The highest BCUT2D eigenvalue weighted by atomic mass is 19.3. The van der Waals surface area contributed by atoms with Gasteiger partial charge in [-0.15, -0.1) is 0 Å². The second-order valence-corrected chi connectivity index (χ2v) is 2.49. The lowest BCUT2D eigenvalue weighted by Gasteiger charge is -2.34. The van der Waals surface area contributed by atoms with Gasteiger partial charge in [0, 0.05) is 6.92 Å². The molecule has 0 saturated carbocycles. The van der Waals surface area contributed by atoms with Crippen LogP contribution < -0.4 is 15.5 Å². The minimum Gasteiger partial charge on any atom is -0.544 e. The van der Waals surface area contributed by atoms with Crippen molar-refractivity contribution in [2.45, 2.75) is 18.6 Å². The second kappa shape index (κ2) is 3.75. The second-order valence-electron chi connectivity index (χ2n) is 2.49. The molecule has 1 N–H and O–H groups in total. The fourth-order valence-electron chi connectivity index (χ4n) is 0.641. The Kier molecular flexibility index (Phi) is 3.30. The first-order chi connectivity index (χ1) is 6.55. The molecule has 6 nitrogen and oxygen atoms in total. The maximum Gasteiger partial charge on any atom is 0.344 e. The molecule has 0 rings (SSSR count). The van der Waals surface area contributed by atoms with Crippen LogP contribution in [0.25, 0.3) is 0 Å². The van der Waals surface area contributed by atoms with Crippen LogP contribution in [0.1, 0.15) is 6.92 Å². The van der Waals surface area contributed by atoms with Crippen molar-refractivity contribution < 1.29 is 37.8 Å². The highest BCUT2D eigenvalue weighted by molar-refractivity contribution is 5.91. The highest BCUT2D eigenvalue weighted by Gasteiger charge is 2.58. The van der Waals surface area contributed by atoms with Gasteiger partial charge in [-0.1, -0.05) is 0 Å². The Balaban J connectivity index is 5.38. The number of hydrogen-bond acceptors (Lipinski definition) is 5. The van der Waals surface area contributed by atoms with Crippen molar-refractivity contribution in [2.75, 3.05) is 0 Å². The van der Waals surface area contributed by atoms with Gasteiger partial charge < -0.3 is 25.1 Å². The molecule has 86 valence electrons. The first kappa shape index (κ1) is 13.2. The van der Waals surface area contributed by atoms with E-state index >= 15 is 0 Å². The van der Waals surface area contributed by atoms with E-state index in [-0.39, 0.29) is 0 Å². The molecule has 0 aliphatic heterocycles. The van der Waals surface area contributed by atoms with E-state index < -0.39 is 29.6 Å². The van der Waals surface area contributed by atoms with Gasteiger partial charge in [0.15, 0.2) is 0 Å². The average Bonchev–Trinajstić information content (AvgIpc) is 2.01. The van der Waals surface area contributed by atoms with Crippen molar-refractivity contribution in [3.05, 3.63) is 0 Å². The molecule has 0 spiro atoms. The third kappa shape index (κ3) is 2.17. The number of carbonyl (C=O) groups is 3. The molecular formula is C6H4F3NO5-2. The van der Waals surface area contributed by atoms with Crippen LogP contribution >= 0.6 is 0 Å². The van der Waals surface area contributed by atoms with Crippen LogP contribution in [0.3, 0.4) is 0 Å². The zero-order valence-electron chi connectivity index (χ0n) is 7.18. The minimum atomic E-state index is -5.45. The standard InChI is InChI=1S/C6H6F3NO5/c1-2(11)10-6(9,4(14)15)5(7,8)3(12)13/h1H3,(H,10,11)(H,12,13)(H,14,15)/p-2/t6-/m1/s1. The highest BCUT2D eigenvalue weighted by Crippen LogP contribution is 2.29. The van der Waals surface area contributed by atoms with Crippen molar-refractivity contribution in [1.82, 2.24) is 5.32 Å². The Bertz CT molecular complexity index is 318. The van der Waals surface area contributed by atoms with Gasteiger partial charge in [0.25, 0.3) is 5.79 Å². The number of carbonyl (C=O) groups excluding carboxylic acids is 3. The number of rotatable bonds is 4. The van der Waals surface area contributed by atoms with Gasteiger partial charge >= 0.3 is 5.92 Å². The first-order valence-corrected chi connectivity index (χ1v) is 3.34. The summed E-state index contributed by atoms with van der Waals surface area (Å²) in [5.41, 5.74) is 0. The summed E-state index contributed by atoms with van der Waals surface area (Å²) in [4.78, 5) is 30.1. The summed E-state index contributed by atoms with van der Waals surface area (Å²) in [5, 5.41) is 20.5. The smallest absolute Gasteiger partial charge is 0.344 e. The van der Waals surface area contributed by atoms with Crippen LogP contribution in [0.4, 0.5) is 13.2 Å². The zero-order valence-corrected chi connectivity index (χ0v) is 7.18. The van der Waals surface area contributed by atoms with E-state index in [2.05, 4.69) is 0 Å². The van der Waals surface area contributed by atoms with Crippen molar-refractivity contribution in [1.29, 1.82) is 0 Å². The van der Waals surface area contributed by atoms with E-state index in [1.165, 1.54) is 0 Å². The summed E-state index contributed by atoms with van der Waals surface area (Å²) in [5.74, 6) is -18.2. The van der Waals surface area contributed by atoms with Crippen LogP contribution in [0, 0.1) is 0 Å². The number of nitrogens with one attached hydrogen (secondary N) is 1. The van der Waals surface area contributed by atoms with Crippen LogP contribution in [0.15, 0.2) is 0 Å². The van der Waals surface area contributed by atoms with Crippen molar-refractivity contribution in [2.24, 2.45) is 0 Å². The molecular weight excluding hydrogens is 223 g/mol. The fourth-order valence-corrected chi connectivity index (χ4v) is 0.641. The van der Waals surface area contributed by atoms with Gasteiger partial charge in [-0.2, -0.15) is 8.78 Å². The number of carboxylic acids is 2. The number of aliphatic carboxylic acids is 2. The molecule has 1 atom stereocenters. The van der Waals surface area contributed by atoms with Gasteiger partial charge in [-0.05, 0) is 0 Å². The van der Waals surface area contributed by atoms with E-state index in [1.54, 1.807) is 0 Å². The van der Waals surface area contributed by atoms with Gasteiger partial charge in [-0.25, -0.2) is 4.39 Å². The zero-order chi connectivity index (χ0) is 12.4. The molecule has 0 heterocycles. The molecule has 0 aliphatic rings. The first-order valence-electron chi connectivity index (χ1n) is 3.34. The third-order valence-electron chi connectivity index (χ3n) is 1.32. The van der Waals surface area contributed by atoms with E-state index in [4.69, 9.17) is 0 Å². The molecule has 0 aromatic heterocycles. The van der Waals surface area contributed by atoms with Crippen LogP contribution in [-0.4, -0.2) is 29.6 Å². The Morgan fingerprint density at radius 2 is 1.47 bits per heavy atom. The van der Waals surface area contributed by atoms with E-state index in [1.807, 2.05) is 0 Å². The molecule has 0 aliphatic carbocycles. The van der Waals surface area contributed by atoms with Crippen molar-refractivity contribution in [3.63, 3.8) is 0 Å². The average molecular weight is 227 g/mol. The lowest BCUT2D eigenvalue weighted by atomic mass is 10.1. The quantitative estimate of drug-likeness (QED) is 0.512. The van der Waals surface area contributed by atoms with Gasteiger partial charge in [0.1, 0.15) is 11.9 Å². The number of amides is 1. The molecule has 9 heteroatoms. The van der Waals surface area contributed by atoms with Gasteiger partial charge in [0.05, 0.1) is 0 Å². The molecule has 0 aromatic rings. The summed E-state index contributed by atoms with van der Waals surface area (Å²) >= 11 is 0. The molecule has 15 heavy (non-hydrogen) atoms. The maximum absolute atomic E-state index is 13.0. The Hall–Kier alpha value is -1.80. The minimum absolute atomic E-state index is 0.516. The molecule has 0 unspecified atom stereocenters. The lowest BCUT2D eigenvalue weighted by molar-refractivity contribution is -0.359. The maximum atomic E-state index is 13.0. The predicted molar refractivity (Wildman–Crippen MR) is 32.6 cm³/mol. The SMILES string of the molecule is CC(=O)N[C@](F)(C(=O)[O-])C(F)(F)C(=O)[O-]. The molecule has 0 saturated heterocycles. The van der Waals surface area contributed by atoms with E-state index in [0.717, 1.165) is 0 Å². The topological polar surface area (TPSA) is 109 Å².